The number of amides is 1. The highest BCUT2D eigenvalue weighted by Crippen LogP contribution is 2.31. The van der Waals surface area contributed by atoms with Crippen LogP contribution in [0.15, 0.2) is 35.7 Å². The van der Waals surface area contributed by atoms with Crippen LogP contribution in [0.4, 0.5) is 0 Å². The molecule has 0 bridgehead atoms. The summed E-state index contributed by atoms with van der Waals surface area (Å²) in [5.74, 6) is -0.883. The zero-order chi connectivity index (χ0) is 17.0. The highest BCUT2D eigenvalue weighted by Gasteiger charge is 2.27. The Kier molecular flexibility index (Phi) is 6.04. The van der Waals surface area contributed by atoms with Gasteiger partial charge in [0.15, 0.2) is 5.75 Å². The molecule has 1 aromatic carbocycles. The van der Waals surface area contributed by atoms with Crippen molar-refractivity contribution in [3.05, 3.63) is 50.6 Å². The molecule has 2 rings (SSSR count). The second kappa shape index (κ2) is 7.81. The number of ether oxygens (including phenoxy) is 1. The third kappa shape index (κ3) is 4.47. The van der Waals surface area contributed by atoms with Gasteiger partial charge in [-0.3, -0.25) is 4.79 Å². The van der Waals surface area contributed by atoms with Crippen LogP contribution < -0.4 is 10.1 Å². The summed E-state index contributed by atoms with van der Waals surface area (Å²) >= 11 is 13.2. The minimum absolute atomic E-state index is 0.149. The number of carbonyl (C=O) groups excluding carboxylic acids is 2. The van der Waals surface area contributed by atoms with Crippen LogP contribution in [0.1, 0.15) is 23.5 Å². The lowest BCUT2D eigenvalue weighted by molar-refractivity contribution is -0.137. The number of thiophene rings is 1. The van der Waals surface area contributed by atoms with E-state index in [1.54, 1.807) is 35.7 Å². The molecule has 0 saturated carbocycles. The van der Waals surface area contributed by atoms with E-state index < -0.39 is 12.0 Å². The van der Waals surface area contributed by atoms with Crippen molar-refractivity contribution in [3.63, 3.8) is 0 Å². The van der Waals surface area contributed by atoms with Crippen molar-refractivity contribution in [3.8, 4) is 5.75 Å². The largest absolute Gasteiger partial charge is 0.423 e. The van der Waals surface area contributed by atoms with Gasteiger partial charge in [-0.25, -0.2) is 4.79 Å². The van der Waals surface area contributed by atoms with E-state index in [1.165, 1.54) is 11.3 Å². The van der Waals surface area contributed by atoms with Crippen LogP contribution in [0.5, 0.6) is 5.75 Å². The van der Waals surface area contributed by atoms with E-state index in [1.807, 2.05) is 13.8 Å². The Morgan fingerprint density at radius 3 is 2.52 bits per heavy atom. The molecule has 2 aromatic rings. The maximum absolute atomic E-state index is 12.4. The number of rotatable bonds is 5. The predicted octanol–water partition coefficient (Wildman–Crippen LogP) is 4.41. The van der Waals surface area contributed by atoms with Crippen LogP contribution in [0, 0.1) is 5.92 Å². The second-order valence-electron chi connectivity index (χ2n) is 5.15. The van der Waals surface area contributed by atoms with Gasteiger partial charge in [0.2, 0.25) is 0 Å². The molecule has 1 heterocycles. The molecule has 1 amide bonds. The molecule has 0 radical (unpaired) electrons. The molecule has 0 aliphatic carbocycles. The van der Waals surface area contributed by atoms with Crippen LogP contribution in [-0.2, 0) is 4.79 Å². The maximum atomic E-state index is 12.4. The third-order valence-corrected chi connectivity index (χ3v) is 4.75. The fourth-order valence-electron chi connectivity index (χ4n) is 1.85. The lowest BCUT2D eigenvalue weighted by Gasteiger charge is -2.20. The Balaban J connectivity index is 2.12. The van der Waals surface area contributed by atoms with Gasteiger partial charge in [0.05, 0.1) is 9.90 Å². The van der Waals surface area contributed by atoms with Crippen molar-refractivity contribution >= 4 is 46.4 Å². The van der Waals surface area contributed by atoms with Gasteiger partial charge in [-0.15, -0.1) is 11.3 Å². The Morgan fingerprint density at radius 1 is 1.17 bits per heavy atom. The van der Waals surface area contributed by atoms with Crippen molar-refractivity contribution in [1.82, 2.24) is 5.32 Å². The Hall–Kier alpha value is -1.56. The molecule has 0 aliphatic rings. The van der Waals surface area contributed by atoms with Crippen molar-refractivity contribution in [2.24, 2.45) is 5.92 Å². The number of esters is 1. The van der Waals surface area contributed by atoms with Crippen molar-refractivity contribution in [1.29, 1.82) is 0 Å². The summed E-state index contributed by atoms with van der Waals surface area (Å²) in [7, 11) is 0. The molecule has 23 heavy (non-hydrogen) atoms. The lowest BCUT2D eigenvalue weighted by atomic mass is 10.0. The molecule has 0 fully saturated rings. The van der Waals surface area contributed by atoms with E-state index in [9.17, 15) is 9.59 Å². The van der Waals surface area contributed by atoms with Crippen LogP contribution in [0.2, 0.25) is 10.0 Å². The number of halogens is 2. The number of benzene rings is 1. The SMILES string of the molecule is CC(C)[C@H](NC(=O)c1cccs1)C(=O)Oc1cccc(Cl)c1Cl. The van der Waals surface area contributed by atoms with Gasteiger partial charge in [-0.1, -0.05) is 49.2 Å². The first kappa shape index (κ1) is 17.8. The highest BCUT2D eigenvalue weighted by atomic mass is 35.5. The van der Waals surface area contributed by atoms with E-state index >= 15 is 0 Å². The monoisotopic (exact) mass is 371 g/mol. The van der Waals surface area contributed by atoms with Crippen LogP contribution in [0.25, 0.3) is 0 Å². The van der Waals surface area contributed by atoms with E-state index in [-0.39, 0.29) is 22.6 Å². The second-order valence-corrected chi connectivity index (χ2v) is 6.88. The number of carbonyl (C=O) groups is 2. The van der Waals surface area contributed by atoms with E-state index in [0.717, 1.165) is 0 Å². The summed E-state index contributed by atoms with van der Waals surface area (Å²) in [5, 5.41) is 4.94. The number of hydrogen-bond donors (Lipinski definition) is 1. The van der Waals surface area contributed by atoms with Gasteiger partial charge in [-0.2, -0.15) is 0 Å². The molecular weight excluding hydrogens is 357 g/mol. The molecular formula is C16H15Cl2NO3S. The van der Waals surface area contributed by atoms with Gasteiger partial charge in [0, 0.05) is 0 Å². The molecule has 4 nitrogen and oxygen atoms in total. The van der Waals surface area contributed by atoms with Gasteiger partial charge >= 0.3 is 5.97 Å². The van der Waals surface area contributed by atoms with Gasteiger partial charge in [0.1, 0.15) is 11.1 Å². The number of hydrogen-bond acceptors (Lipinski definition) is 4. The summed E-state index contributed by atoms with van der Waals surface area (Å²) < 4.78 is 5.30. The molecule has 1 aromatic heterocycles. The highest BCUT2D eigenvalue weighted by molar-refractivity contribution is 7.12. The summed E-state index contributed by atoms with van der Waals surface area (Å²) in [6, 6.07) is 7.44. The Bertz CT molecular complexity index is 701. The first-order chi connectivity index (χ1) is 10.9. The Morgan fingerprint density at radius 2 is 1.91 bits per heavy atom. The van der Waals surface area contributed by atoms with Gasteiger partial charge < -0.3 is 10.1 Å². The minimum atomic E-state index is -0.792. The summed E-state index contributed by atoms with van der Waals surface area (Å²) in [6.07, 6.45) is 0. The molecule has 122 valence electrons. The van der Waals surface area contributed by atoms with E-state index in [2.05, 4.69) is 5.32 Å². The number of nitrogens with one attached hydrogen (secondary N) is 1. The average Bonchev–Trinajstić information content (AvgIpc) is 3.03. The summed E-state index contributed by atoms with van der Waals surface area (Å²) in [6.45, 7) is 3.64. The predicted molar refractivity (Wildman–Crippen MR) is 92.5 cm³/mol. The molecule has 1 N–H and O–H groups in total. The fraction of sp³-hybridized carbons (Fsp3) is 0.250. The average molecular weight is 372 g/mol. The summed E-state index contributed by atoms with van der Waals surface area (Å²) in [5.41, 5.74) is 0. The van der Waals surface area contributed by atoms with Crippen molar-refractivity contribution < 1.29 is 14.3 Å². The molecule has 0 aliphatic heterocycles. The minimum Gasteiger partial charge on any atom is -0.423 e. The van der Waals surface area contributed by atoms with Crippen LogP contribution in [-0.4, -0.2) is 17.9 Å². The van der Waals surface area contributed by atoms with Crippen LogP contribution >= 0.6 is 34.5 Å². The van der Waals surface area contributed by atoms with E-state index in [0.29, 0.717) is 9.90 Å². The molecule has 0 saturated heterocycles. The fourth-order valence-corrected chi connectivity index (χ4v) is 2.81. The van der Waals surface area contributed by atoms with E-state index in [4.69, 9.17) is 27.9 Å². The zero-order valence-corrected chi connectivity index (χ0v) is 14.8. The molecule has 7 heteroatoms. The normalized spacial score (nSPS) is 12.0. The molecule has 1 atom stereocenters. The Labute approximate surface area is 148 Å². The first-order valence-electron chi connectivity index (χ1n) is 6.90. The maximum Gasteiger partial charge on any atom is 0.334 e. The summed E-state index contributed by atoms with van der Waals surface area (Å²) in [4.78, 5) is 25.1. The molecule has 0 spiro atoms. The first-order valence-corrected chi connectivity index (χ1v) is 8.53. The van der Waals surface area contributed by atoms with Gasteiger partial charge in [0.25, 0.3) is 5.91 Å². The third-order valence-electron chi connectivity index (χ3n) is 3.08. The topological polar surface area (TPSA) is 55.4 Å². The molecule has 0 unspecified atom stereocenters. The zero-order valence-electron chi connectivity index (χ0n) is 12.5. The smallest absolute Gasteiger partial charge is 0.334 e. The van der Waals surface area contributed by atoms with Crippen LogP contribution in [0.3, 0.4) is 0 Å². The standard InChI is InChI=1S/C16H15Cl2NO3S/c1-9(2)14(19-15(20)12-7-4-8-23-12)16(21)22-11-6-3-5-10(17)13(11)18/h3-9,14H,1-2H3,(H,19,20)/t14-/m0/s1. The van der Waals surface area contributed by atoms with Crippen molar-refractivity contribution in [2.75, 3.05) is 0 Å². The van der Waals surface area contributed by atoms with Gasteiger partial charge in [-0.05, 0) is 29.5 Å². The van der Waals surface area contributed by atoms with Crippen molar-refractivity contribution in [2.45, 2.75) is 19.9 Å². The quantitative estimate of drug-likeness (QED) is 0.625. The lowest BCUT2D eigenvalue weighted by Crippen LogP contribution is -2.46.